The number of anilines is 3. The van der Waals surface area contributed by atoms with E-state index >= 15 is 0 Å². The molecule has 1 aromatic carbocycles. The smallest absolute Gasteiger partial charge is 0.311 e. The lowest BCUT2D eigenvalue weighted by Crippen LogP contribution is -2.16. The SMILES string of the molecule is Nc1nc(NCCNc2ncc(-c3cnc[nH]3)c(-c3ccccc3)n2)ccc1[N+](=O)[O-]. The molecule has 4 aromatic rings. The number of pyridine rings is 1. The fourth-order valence-electron chi connectivity index (χ4n) is 2.97. The molecule has 0 bridgehead atoms. The van der Waals surface area contributed by atoms with Crippen molar-refractivity contribution in [2.45, 2.75) is 0 Å². The molecule has 11 nitrogen and oxygen atoms in total. The number of nitrogens with zero attached hydrogens (tertiary/aromatic N) is 5. The van der Waals surface area contributed by atoms with E-state index in [9.17, 15) is 10.1 Å². The van der Waals surface area contributed by atoms with Crippen LogP contribution in [-0.4, -0.2) is 42.9 Å². The first-order chi connectivity index (χ1) is 15.1. The van der Waals surface area contributed by atoms with E-state index in [4.69, 9.17) is 5.73 Å². The standard InChI is InChI=1S/C20H19N9O2/c21-19-16(29(30)31)6-7-17(27-19)23-8-9-24-20-25-10-14(15-11-22-12-26-15)18(28-20)13-4-2-1-3-5-13/h1-7,10-12H,8-9H2,(H,22,26)(H3,21,23,27)(H,24,25,28). The van der Waals surface area contributed by atoms with Crippen molar-refractivity contribution in [1.82, 2.24) is 24.9 Å². The Hall–Kier alpha value is -4.54. The van der Waals surface area contributed by atoms with Crippen LogP contribution in [0.5, 0.6) is 0 Å². The van der Waals surface area contributed by atoms with Gasteiger partial charge in [-0.15, -0.1) is 0 Å². The van der Waals surface area contributed by atoms with Gasteiger partial charge < -0.3 is 21.4 Å². The van der Waals surface area contributed by atoms with Crippen LogP contribution in [0.1, 0.15) is 0 Å². The van der Waals surface area contributed by atoms with Crippen molar-refractivity contribution in [2.75, 3.05) is 29.5 Å². The van der Waals surface area contributed by atoms with Gasteiger partial charge in [-0.25, -0.2) is 19.9 Å². The molecule has 0 saturated carbocycles. The number of hydrogen-bond acceptors (Lipinski definition) is 9. The van der Waals surface area contributed by atoms with Gasteiger partial charge in [0.15, 0.2) is 0 Å². The zero-order valence-electron chi connectivity index (χ0n) is 16.3. The molecule has 0 aliphatic heterocycles. The minimum atomic E-state index is -0.567. The van der Waals surface area contributed by atoms with Gasteiger partial charge in [-0.1, -0.05) is 30.3 Å². The lowest BCUT2D eigenvalue weighted by molar-refractivity contribution is -0.384. The molecule has 5 N–H and O–H groups in total. The van der Waals surface area contributed by atoms with Crippen LogP contribution >= 0.6 is 0 Å². The number of imidazole rings is 1. The van der Waals surface area contributed by atoms with Gasteiger partial charge in [0.1, 0.15) is 5.82 Å². The Bertz CT molecular complexity index is 1180. The third-order valence-corrected chi connectivity index (χ3v) is 4.44. The Morgan fingerprint density at radius 1 is 1.03 bits per heavy atom. The number of nitro groups is 1. The normalized spacial score (nSPS) is 10.6. The predicted molar refractivity (Wildman–Crippen MR) is 117 cm³/mol. The minimum absolute atomic E-state index is 0.131. The van der Waals surface area contributed by atoms with Gasteiger partial charge in [0.25, 0.3) is 0 Å². The van der Waals surface area contributed by atoms with Crippen LogP contribution in [0.2, 0.25) is 0 Å². The third-order valence-electron chi connectivity index (χ3n) is 4.44. The van der Waals surface area contributed by atoms with Gasteiger partial charge in [0.2, 0.25) is 11.8 Å². The van der Waals surface area contributed by atoms with Crippen molar-refractivity contribution >= 4 is 23.3 Å². The van der Waals surface area contributed by atoms with E-state index in [1.807, 2.05) is 30.3 Å². The summed E-state index contributed by atoms with van der Waals surface area (Å²) in [4.78, 5) is 30.5. The molecule has 31 heavy (non-hydrogen) atoms. The van der Waals surface area contributed by atoms with Crippen LogP contribution in [0.15, 0.2) is 61.2 Å². The Balaban J connectivity index is 1.45. The predicted octanol–water partition coefficient (Wildman–Crippen LogP) is 2.94. The van der Waals surface area contributed by atoms with Gasteiger partial charge in [-0.05, 0) is 6.07 Å². The molecule has 0 radical (unpaired) electrons. The minimum Gasteiger partial charge on any atom is -0.378 e. The van der Waals surface area contributed by atoms with Crippen LogP contribution in [-0.2, 0) is 0 Å². The second kappa shape index (κ2) is 8.86. The van der Waals surface area contributed by atoms with Gasteiger partial charge in [0, 0.05) is 36.5 Å². The first-order valence-electron chi connectivity index (χ1n) is 9.41. The van der Waals surface area contributed by atoms with E-state index in [0.717, 1.165) is 22.5 Å². The van der Waals surface area contributed by atoms with Crippen LogP contribution in [0.25, 0.3) is 22.5 Å². The summed E-state index contributed by atoms with van der Waals surface area (Å²) >= 11 is 0. The summed E-state index contributed by atoms with van der Waals surface area (Å²) in [5.41, 5.74) is 8.80. The summed E-state index contributed by atoms with van der Waals surface area (Å²) in [6, 6.07) is 12.7. The third kappa shape index (κ3) is 4.56. The molecule has 0 spiro atoms. The van der Waals surface area contributed by atoms with Crippen LogP contribution < -0.4 is 16.4 Å². The molecular weight excluding hydrogens is 398 g/mol. The van der Waals surface area contributed by atoms with Crippen molar-refractivity contribution in [3.8, 4) is 22.5 Å². The van der Waals surface area contributed by atoms with E-state index in [2.05, 4.69) is 35.6 Å². The van der Waals surface area contributed by atoms with Crippen molar-refractivity contribution < 1.29 is 4.92 Å². The summed E-state index contributed by atoms with van der Waals surface area (Å²) in [6.45, 7) is 0.979. The summed E-state index contributed by atoms with van der Waals surface area (Å²) in [6.07, 6.45) is 5.09. The van der Waals surface area contributed by atoms with Crippen molar-refractivity contribution in [1.29, 1.82) is 0 Å². The van der Waals surface area contributed by atoms with Crippen molar-refractivity contribution in [3.63, 3.8) is 0 Å². The number of rotatable bonds is 8. The highest BCUT2D eigenvalue weighted by Crippen LogP contribution is 2.29. The van der Waals surface area contributed by atoms with Gasteiger partial charge >= 0.3 is 5.69 Å². The average molecular weight is 417 g/mol. The highest BCUT2D eigenvalue weighted by Gasteiger charge is 2.14. The van der Waals surface area contributed by atoms with Gasteiger partial charge in [-0.2, -0.15) is 0 Å². The monoisotopic (exact) mass is 417 g/mol. The number of hydrogen-bond donors (Lipinski definition) is 4. The number of nitrogen functional groups attached to an aromatic ring is 1. The first-order valence-corrected chi connectivity index (χ1v) is 9.41. The second-order valence-corrected chi connectivity index (χ2v) is 6.50. The molecule has 11 heteroatoms. The quantitative estimate of drug-likeness (QED) is 0.192. The van der Waals surface area contributed by atoms with Crippen LogP contribution in [0, 0.1) is 10.1 Å². The van der Waals surface area contributed by atoms with E-state index in [-0.39, 0.29) is 11.5 Å². The average Bonchev–Trinajstić information content (AvgIpc) is 3.32. The molecule has 0 atom stereocenters. The molecule has 0 saturated heterocycles. The fraction of sp³-hybridized carbons (Fsp3) is 0.100. The number of aromatic nitrogens is 5. The second-order valence-electron chi connectivity index (χ2n) is 6.50. The maximum absolute atomic E-state index is 10.8. The van der Waals surface area contributed by atoms with Crippen molar-refractivity contribution in [3.05, 3.63) is 71.3 Å². The molecule has 3 heterocycles. The largest absolute Gasteiger partial charge is 0.378 e. The Morgan fingerprint density at radius 2 is 1.84 bits per heavy atom. The Morgan fingerprint density at radius 3 is 2.55 bits per heavy atom. The number of benzene rings is 1. The van der Waals surface area contributed by atoms with Gasteiger partial charge in [0.05, 0.1) is 28.8 Å². The van der Waals surface area contributed by atoms with Crippen LogP contribution in [0.3, 0.4) is 0 Å². The van der Waals surface area contributed by atoms with Crippen LogP contribution in [0.4, 0.5) is 23.3 Å². The molecule has 0 unspecified atom stereocenters. The highest BCUT2D eigenvalue weighted by atomic mass is 16.6. The number of nitrogens with two attached hydrogens (primary N) is 1. The zero-order valence-corrected chi connectivity index (χ0v) is 16.3. The van der Waals surface area contributed by atoms with Crippen molar-refractivity contribution in [2.24, 2.45) is 0 Å². The maximum Gasteiger partial charge on any atom is 0.311 e. The number of nitrogens with one attached hydrogen (secondary N) is 3. The Kier molecular flexibility index (Phi) is 5.65. The van der Waals surface area contributed by atoms with E-state index < -0.39 is 4.92 Å². The van der Waals surface area contributed by atoms with Gasteiger partial charge in [-0.3, -0.25) is 10.1 Å². The maximum atomic E-state index is 10.8. The molecule has 0 amide bonds. The first kappa shape index (κ1) is 19.8. The Labute approximate surface area is 177 Å². The number of H-pyrrole nitrogens is 1. The number of aromatic amines is 1. The van der Waals surface area contributed by atoms with E-state index in [1.165, 1.54) is 12.1 Å². The molecule has 0 aliphatic rings. The fourth-order valence-corrected chi connectivity index (χ4v) is 2.97. The molecule has 0 fully saturated rings. The summed E-state index contributed by atoms with van der Waals surface area (Å²) < 4.78 is 0. The lowest BCUT2D eigenvalue weighted by Gasteiger charge is -2.11. The molecular formula is C20H19N9O2. The summed E-state index contributed by atoms with van der Waals surface area (Å²) in [5.74, 6) is 0.790. The highest BCUT2D eigenvalue weighted by molar-refractivity contribution is 5.78. The molecule has 4 rings (SSSR count). The topological polar surface area (TPSA) is 161 Å². The lowest BCUT2D eigenvalue weighted by atomic mass is 10.1. The molecule has 3 aromatic heterocycles. The zero-order chi connectivity index (χ0) is 21.6. The molecule has 0 aliphatic carbocycles. The van der Waals surface area contributed by atoms with E-state index in [1.54, 1.807) is 18.7 Å². The molecule has 156 valence electrons. The summed E-state index contributed by atoms with van der Waals surface area (Å²) in [7, 11) is 0. The van der Waals surface area contributed by atoms with E-state index in [0.29, 0.717) is 24.9 Å². The summed E-state index contributed by atoms with van der Waals surface area (Å²) in [5, 5.41) is 17.0.